The van der Waals surface area contributed by atoms with E-state index >= 15 is 0 Å². The molecular weight excluding hydrogens is 820 g/mol. The fraction of sp³-hybridized carbons (Fsp3) is 0.350. The lowest BCUT2D eigenvalue weighted by Gasteiger charge is -2.44. The molecule has 15 nitrogen and oxygen atoms in total. The van der Waals surface area contributed by atoms with Gasteiger partial charge in [0.2, 0.25) is 10.9 Å². The Hall–Kier alpha value is -6.05. The highest BCUT2D eigenvalue weighted by atomic mass is 35.5. The zero-order chi connectivity index (χ0) is 43.2. The van der Waals surface area contributed by atoms with Crippen molar-refractivity contribution in [1.29, 1.82) is 0 Å². The summed E-state index contributed by atoms with van der Waals surface area (Å²) in [4.78, 5) is 79.1. The SMILES string of the molecule is C[C@@H]1CCO[C@H]2Cn3cc(C(=O)NCc4ccc(F)cc4F)c(=O)c(Cl)c3C(=O)N12.C[C@@H]1CCO[C@H]2Cn3cc(C(=O)NCc4ccc(F)cc4F)c(=O)c(O)c3C(=O)N12. The van der Waals surface area contributed by atoms with Crippen molar-refractivity contribution in [2.45, 2.75) is 77.4 Å². The first-order valence-corrected chi connectivity index (χ1v) is 19.2. The van der Waals surface area contributed by atoms with Crippen LogP contribution in [0.25, 0.3) is 0 Å². The van der Waals surface area contributed by atoms with E-state index in [0.717, 1.165) is 12.1 Å². The molecule has 0 radical (unpaired) electrons. The third kappa shape index (κ3) is 7.99. The first-order valence-electron chi connectivity index (χ1n) is 18.8. The molecule has 4 atom stereocenters. The highest BCUT2D eigenvalue weighted by Crippen LogP contribution is 2.30. The Kier molecular flexibility index (Phi) is 11.9. The number of fused-ring (bicyclic) bond motifs is 4. The van der Waals surface area contributed by atoms with Gasteiger partial charge in [-0.25, -0.2) is 17.6 Å². The van der Waals surface area contributed by atoms with Crippen LogP contribution in [0.15, 0.2) is 58.4 Å². The fourth-order valence-electron chi connectivity index (χ4n) is 7.48. The number of aromatic hydroxyl groups is 1. The van der Waals surface area contributed by atoms with Crippen molar-refractivity contribution in [2.75, 3.05) is 13.2 Å². The van der Waals surface area contributed by atoms with Gasteiger partial charge in [0.25, 0.3) is 23.6 Å². The van der Waals surface area contributed by atoms with Crippen LogP contribution in [0, 0.1) is 23.3 Å². The molecule has 0 spiro atoms. The number of benzene rings is 2. The quantitative estimate of drug-likeness (QED) is 0.244. The highest BCUT2D eigenvalue weighted by Gasteiger charge is 2.42. The van der Waals surface area contributed by atoms with Crippen molar-refractivity contribution in [3.05, 3.63) is 131 Å². The average molecular weight is 857 g/mol. The Bertz CT molecular complexity index is 2380. The molecule has 0 bridgehead atoms. The molecule has 8 rings (SSSR count). The van der Waals surface area contributed by atoms with E-state index in [1.165, 1.54) is 38.6 Å². The van der Waals surface area contributed by atoms with Crippen LogP contribution in [0.5, 0.6) is 5.75 Å². The molecule has 4 aromatic rings. The van der Waals surface area contributed by atoms with E-state index in [2.05, 4.69) is 10.6 Å². The second-order valence-electron chi connectivity index (χ2n) is 14.6. The van der Waals surface area contributed by atoms with Gasteiger partial charge in [-0.2, -0.15) is 0 Å². The van der Waals surface area contributed by atoms with Crippen molar-refractivity contribution >= 4 is 35.2 Å². The van der Waals surface area contributed by atoms with Crippen molar-refractivity contribution in [3.8, 4) is 5.75 Å². The summed E-state index contributed by atoms with van der Waals surface area (Å²) in [5.74, 6) is -6.58. The molecule has 4 amide bonds. The summed E-state index contributed by atoms with van der Waals surface area (Å²) in [6.07, 6.45) is 2.66. The number of rotatable bonds is 6. The predicted octanol–water partition coefficient (Wildman–Crippen LogP) is 3.65. The minimum absolute atomic E-state index is 0.0106. The maximum Gasteiger partial charge on any atom is 0.276 e. The normalized spacial score (nSPS) is 20.5. The molecule has 3 N–H and O–H groups in total. The smallest absolute Gasteiger partial charge is 0.276 e. The molecule has 4 aliphatic rings. The first-order chi connectivity index (χ1) is 28.5. The average Bonchev–Trinajstić information content (AvgIpc) is 3.19. The number of hydrogen-bond donors (Lipinski definition) is 3. The Morgan fingerprint density at radius 3 is 1.62 bits per heavy atom. The molecule has 2 fully saturated rings. The number of ether oxygens (including phenoxy) is 2. The Morgan fingerprint density at radius 1 is 0.717 bits per heavy atom. The van der Waals surface area contributed by atoms with Gasteiger partial charge in [-0.3, -0.25) is 28.8 Å². The zero-order valence-corrected chi connectivity index (χ0v) is 32.7. The lowest BCUT2D eigenvalue weighted by molar-refractivity contribution is -0.112. The summed E-state index contributed by atoms with van der Waals surface area (Å²) in [7, 11) is 0. The predicted molar refractivity (Wildman–Crippen MR) is 203 cm³/mol. The number of amides is 4. The molecule has 0 aliphatic carbocycles. The largest absolute Gasteiger partial charge is 0.503 e. The summed E-state index contributed by atoms with van der Waals surface area (Å²) < 4.78 is 67.6. The van der Waals surface area contributed by atoms with E-state index in [4.69, 9.17) is 21.1 Å². The van der Waals surface area contributed by atoms with Gasteiger partial charge in [0.1, 0.15) is 45.1 Å². The van der Waals surface area contributed by atoms with Crippen molar-refractivity contribution in [2.24, 2.45) is 0 Å². The summed E-state index contributed by atoms with van der Waals surface area (Å²) in [6, 6.07) is 5.70. The summed E-state index contributed by atoms with van der Waals surface area (Å²) >= 11 is 6.19. The number of pyridine rings is 2. The molecule has 20 heteroatoms. The molecule has 0 saturated carbocycles. The Morgan fingerprint density at radius 2 is 1.15 bits per heavy atom. The maximum absolute atomic E-state index is 13.8. The molecular formula is C40H37ClF4N6O9. The zero-order valence-electron chi connectivity index (χ0n) is 32.0. The molecule has 60 heavy (non-hydrogen) atoms. The summed E-state index contributed by atoms with van der Waals surface area (Å²) in [6.45, 7) is 4.54. The number of hydrogen-bond acceptors (Lipinski definition) is 9. The molecule has 2 aromatic heterocycles. The minimum Gasteiger partial charge on any atom is -0.503 e. The van der Waals surface area contributed by atoms with Gasteiger partial charge in [-0.05, 0) is 38.8 Å². The van der Waals surface area contributed by atoms with E-state index in [-0.39, 0.29) is 71.4 Å². The fourth-order valence-corrected chi connectivity index (χ4v) is 7.78. The van der Waals surface area contributed by atoms with Gasteiger partial charge in [-0.15, -0.1) is 0 Å². The van der Waals surface area contributed by atoms with Crippen LogP contribution in [0.2, 0.25) is 5.02 Å². The molecule has 4 aliphatic heterocycles. The van der Waals surface area contributed by atoms with Crippen LogP contribution in [-0.4, -0.2) is 85.4 Å². The Balaban J connectivity index is 0.000000181. The molecule has 316 valence electrons. The topological polar surface area (TPSA) is 182 Å². The number of carbonyl (C=O) groups excluding carboxylic acids is 4. The third-order valence-corrected chi connectivity index (χ3v) is 11.1. The standard InChI is InChI=1S/C20H18ClF2N3O4.C20H19F2N3O5/c1-10-4-5-30-15-9-25-8-13(18(27)16(21)17(25)20(29)26(10)15)19(28)24-7-11-2-3-12(22)6-14(11)23;1-10-4-5-30-15-9-24-8-13(17(26)18(27)16(24)20(29)25(10)15)19(28)23-7-11-2-3-12(21)6-14(11)22/h2-3,6,8,10,15H,4-5,7,9H2,1H3,(H,24,28);2-3,6,8,10,15,27H,4-5,7,9H2,1H3,(H,23,28)/t2*10-,15+/m11/s1. The van der Waals surface area contributed by atoms with E-state index < -0.39 is 81.5 Å². The number of nitrogens with zero attached hydrogens (tertiary/aromatic N) is 4. The van der Waals surface area contributed by atoms with Gasteiger partial charge in [0, 0.05) is 60.8 Å². The molecule has 2 saturated heterocycles. The van der Waals surface area contributed by atoms with Gasteiger partial charge >= 0.3 is 0 Å². The lowest BCUT2D eigenvalue weighted by atomic mass is 10.1. The second-order valence-corrected chi connectivity index (χ2v) is 15.0. The number of carbonyl (C=O) groups is 4. The van der Waals surface area contributed by atoms with E-state index in [0.29, 0.717) is 38.2 Å². The van der Waals surface area contributed by atoms with Gasteiger partial charge in [-0.1, -0.05) is 23.7 Å². The highest BCUT2D eigenvalue weighted by molar-refractivity contribution is 6.33. The van der Waals surface area contributed by atoms with Crippen LogP contribution in [-0.2, 0) is 35.7 Å². The van der Waals surface area contributed by atoms with Crippen molar-refractivity contribution in [3.63, 3.8) is 0 Å². The van der Waals surface area contributed by atoms with Gasteiger partial charge in [0.15, 0.2) is 23.9 Å². The van der Waals surface area contributed by atoms with Crippen LogP contribution < -0.4 is 21.5 Å². The summed E-state index contributed by atoms with van der Waals surface area (Å²) in [5, 5.41) is 14.8. The number of nitrogens with one attached hydrogen (secondary N) is 2. The summed E-state index contributed by atoms with van der Waals surface area (Å²) in [5.41, 5.74) is -2.58. The molecule has 0 unspecified atom stereocenters. The van der Waals surface area contributed by atoms with Crippen LogP contribution >= 0.6 is 11.6 Å². The Labute approximate surface area is 343 Å². The van der Waals surface area contributed by atoms with E-state index in [1.807, 2.05) is 13.8 Å². The van der Waals surface area contributed by atoms with Crippen molar-refractivity contribution in [1.82, 2.24) is 29.6 Å². The van der Waals surface area contributed by atoms with Crippen LogP contribution in [0.3, 0.4) is 0 Å². The van der Waals surface area contributed by atoms with Gasteiger partial charge < -0.3 is 44.1 Å². The van der Waals surface area contributed by atoms with Gasteiger partial charge in [0.05, 0.1) is 26.3 Å². The first kappa shape index (κ1) is 42.1. The minimum atomic E-state index is -1.00. The van der Waals surface area contributed by atoms with Crippen LogP contribution in [0.4, 0.5) is 17.6 Å². The monoisotopic (exact) mass is 856 g/mol. The third-order valence-electron chi connectivity index (χ3n) is 10.7. The number of aromatic nitrogens is 2. The number of halogens is 5. The molecule has 6 heterocycles. The van der Waals surface area contributed by atoms with E-state index in [1.54, 1.807) is 4.90 Å². The second kappa shape index (κ2) is 16.9. The van der Waals surface area contributed by atoms with Crippen LogP contribution in [0.1, 0.15) is 79.5 Å². The maximum atomic E-state index is 13.8. The molecule has 2 aromatic carbocycles. The van der Waals surface area contributed by atoms with Crippen molar-refractivity contribution < 1.29 is 51.3 Å². The lowest BCUT2D eigenvalue weighted by Crippen LogP contribution is -2.57. The van der Waals surface area contributed by atoms with E-state index in [9.17, 15) is 51.4 Å².